The number of nitrogens with zero attached hydrogens (tertiary/aromatic N) is 3. The van der Waals surface area contributed by atoms with E-state index in [-0.39, 0.29) is 0 Å². The van der Waals surface area contributed by atoms with Gasteiger partial charge in [0.05, 0.1) is 5.52 Å². The third-order valence-corrected chi connectivity index (χ3v) is 3.27. The number of rotatable bonds is 2. The van der Waals surface area contributed by atoms with Crippen molar-refractivity contribution in [3.05, 3.63) is 47.7 Å². The number of nitrogen functional groups attached to an aromatic ring is 1. The van der Waals surface area contributed by atoms with E-state index in [0.29, 0.717) is 18.2 Å². The van der Waals surface area contributed by atoms with E-state index < -0.39 is 0 Å². The highest BCUT2D eigenvalue weighted by atomic mass is 15.0. The van der Waals surface area contributed by atoms with Crippen LogP contribution in [0.3, 0.4) is 0 Å². The quantitative estimate of drug-likeness (QED) is 0.740. The fourth-order valence-corrected chi connectivity index (χ4v) is 2.16. The first-order chi connectivity index (χ1) is 9.69. The molecule has 2 heterocycles. The first-order valence-electron chi connectivity index (χ1n) is 6.37. The van der Waals surface area contributed by atoms with Crippen molar-refractivity contribution in [2.24, 2.45) is 5.73 Å². The Balaban J connectivity index is 2.17. The molecular formula is C15H15N5. The van der Waals surface area contributed by atoms with Gasteiger partial charge in [0.2, 0.25) is 0 Å². The van der Waals surface area contributed by atoms with Gasteiger partial charge in [-0.1, -0.05) is 18.2 Å². The van der Waals surface area contributed by atoms with Crippen molar-refractivity contribution in [1.82, 2.24) is 15.0 Å². The van der Waals surface area contributed by atoms with Crippen LogP contribution in [-0.2, 0) is 6.54 Å². The molecule has 20 heavy (non-hydrogen) atoms. The predicted molar refractivity (Wildman–Crippen MR) is 79.8 cm³/mol. The second-order valence-electron chi connectivity index (χ2n) is 4.65. The molecule has 1 aromatic carbocycles. The van der Waals surface area contributed by atoms with Crippen molar-refractivity contribution in [3.63, 3.8) is 0 Å². The van der Waals surface area contributed by atoms with E-state index in [1.807, 2.05) is 37.3 Å². The van der Waals surface area contributed by atoms with Crippen molar-refractivity contribution in [2.45, 2.75) is 13.5 Å². The number of para-hydroxylation sites is 1. The molecule has 0 saturated heterocycles. The molecule has 0 amide bonds. The van der Waals surface area contributed by atoms with Crippen molar-refractivity contribution in [1.29, 1.82) is 0 Å². The van der Waals surface area contributed by atoms with E-state index in [1.54, 1.807) is 6.20 Å². The predicted octanol–water partition coefficient (Wildman–Crippen LogP) is 2.04. The summed E-state index contributed by atoms with van der Waals surface area (Å²) >= 11 is 0. The van der Waals surface area contributed by atoms with Crippen LogP contribution in [0.5, 0.6) is 0 Å². The number of anilines is 1. The lowest BCUT2D eigenvalue weighted by molar-refractivity contribution is 1.02. The van der Waals surface area contributed by atoms with Crippen molar-refractivity contribution in [3.8, 4) is 11.5 Å². The highest BCUT2D eigenvalue weighted by Crippen LogP contribution is 2.22. The Hall–Kier alpha value is -2.53. The number of aryl methyl sites for hydroxylation is 1. The third kappa shape index (κ3) is 2.08. The topological polar surface area (TPSA) is 90.7 Å². The van der Waals surface area contributed by atoms with Gasteiger partial charge in [-0.15, -0.1) is 0 Å². The molecule has 0 radical (unpaired) electrons. The third-order valence-electron chi connectivity index (χ3n) is 3.27. The van der Waals surface area contributed by atoms with E-state index >= 15 is 0 Å². The number of pyridine rings is 1. The van der Waals surface area contributed by atoms with Crippen LogP contribution in [-0.4, -0.2) is 15.0 Å². The Kier molecular flexibility index (Phi) is 3.04. The maximum absolute atomic E-state index is 5.86. The van der Waals surface area contributed by atoms with Crippen LogP contribution in [0.4, 0.5) is 5.82 Å². The van der Waals surface area contributed by atoms with Gasteiger partial charge in [-0.3, -0.25) is 0 Å². The molecule has 4 N–H and O–H groups in total. The summed E-state index contributed by atoms with van der Waals surface area (Å²) in [7, 11) is 0. The maximum Gasteiger partial charge on any atom is 0.180 e. The molecule has 0 atom stereocenters. The second-order valence-corrected chi connectivity index (χ2v) is 4.65. The minimum absolute atomic E-state index is 0.330. The number of hydrogen-bond donors (Lipinski definition) is 2. The normalized spacial score (nSPS) is 10.9. The zero-order valence-corrected chi connectivity index (χ0v) is 11.2. The summed E-state index contributed by atoms with van der Waals surface area (Å²) in [4.78, 5) is 13.2. The average Bonchev–Trinajstić information content (AvgIpc) is 2.47. The molecular weight excluding hydrogens is 250 g/mol. The molecule has 0 aliphatic carbocycles. The van der Waals surface area contributed by atoms with Gasteiger partial charge in [0.15, 0.2) is 5.82 Å². The second kappa shape index (κ2) is 4.86. The standard InChI is InChI=1S/C15H15N5/c1-9-6-13(19-12-5-3-2-4-11(9)12)15-18-8-10(7-16)14(17)20-15/h2-6,8H,7,16H2,1H3,(H2,17,18,20). The minimum atomic E-state index is 0.330. The van der Waals surface area contributed by atoms with Gasteiger partial charge in [0.1, 0.15) is 11.5 Å². The lowest BCUT2D eigenvalue weighted by atomic mass is 10.1. The maximum atomic E-state index is 5.86. The SMILES string of the molecule is Cc1cc(-c2ncc(CN)c(N)n2)nc2ccccc12. The van der Waals surface area contributed by atoms with Crippen LogP contribution >= 0.6 is 0 Å². The number of aromatic nitrogens is 3. The van der Waals surface area contributed by atoms with Crippen LogP contribution in [0.2, 0.25) is 0 Å². The van der Waals surface area contributed by atoms with E-state index in [4.69, 9.17) is 11.5 Å². The molecule has 0 aliphatic rings. The zero-order chi connectivity index (χ0) is 14.1. The van der Waals surface area contributed by atoms with Gasteiger partial charge in [-0.2, -0.15) is 0 Å². The zero-order valence-electron chi connectivity index (χ0n) is 11.2. The number of fused-ring (bicyclic) bond motifs is 1. The summed E-state index contributed by atoms with van der Waals surface area (Å²) in [5.74, 6) is 0.929. The number of hydrogen-bond acceptors (Lipinski definition) is 5. The molecule has 5 heteroatoms. The molecule has 3 aromatic rings. The molecule has 100 valence electrons. The molecule has 0 fully saturated rings. The lowest BCUT2D eigenvalue weighted by Gasteiger charge is -2.07. The first-order valence-corrected chi connectivity index (χ1v) is 6.37. The Bertz CT molecular complexity index is 782. The highest BCUT2D eigenvalue weighted by Gasteiger charge is 2.09. The molecule has 5 nitrogen and oxygen atoms in total. The Morgan fingerprint density at radius 1 is 1.15 bits per heavy atom. The molecule has 0 unspecified atom stereocenters. The Morgan fingerprint density at radius 3 is 2.70 bits per heavy atom. The van der Waals surface area contributed by atoms with Crippen LogP contribution in [0.25, 0.3) is 22.4 Å². The van der Waals surface area contributed by atoms with Gasteiger partial charge in [-0.25, -0.2) is 15.0 Å². The van der Waals surface area contributed by atoms with Crippen molar-refractivity contribution in [2.75, 3.05) is 5.73 Å². The Labute approximate surface area is 116 Å². The van der Waals surface area contributed by atoms with E-state index in [0.717, 1.165) is 27.7 Å². The summed E-state index contributed by atoms with van der Waals surface area (Å²) in [6.07, 6.45) is 1.66. The van der Waals surface area contributed by atoms with Crippen LogP contribution in [0, 0.1) is 6.92 Å². The van der Waals surface area contributed by atoms with Crippen LogP contribution in [0.15, 0.2) is 36.5 Å². The summed E-state index contributed by atoms with van der Waals surface area (Å²) in [6, 6.07) is 9.96. The van der Waals surface area contributed by atoms with E-state index in [1.165, 1.54) is 0 Å². The highest BCUT2D eigenvalue weighted by molar-refractivity contribution is 5.84. The van der Waals surface area contributed by atoms with Gasteiger partial charge >= 0.3 is 0 Å². The summed E-state index contributed by atoms with van der Waals surface area (Å²) in [6.45, 7) is 2.38. The largest absolute Gasteiger partial charge is 0.383 e. The molecule has 0 saturated carbocycles. The van der Waals surface area contributed by atoms with Gasteiger partial charge in [0, 0.05) is 23.7 Å². The Morgan fingerprint density at radius 2 is 1.95 bits per heavy atom. The molecule has 0 spiro atoms. The number of benzene rings is 1. The van der Waals surface area contributed by atoms with Crippen LogP contribution < -0.4 is 11.5 Å². The summed E-state index contributed by atoms with van der Waals surface area (Å²) in [5.41, 5.74) is 14.9. The fraction of sp³-hybridized carbons (Fsp3) is 0.133. The monoisotopic (exact) mass is 265 g/mol. The van der Waals surface area contributed by atoms with Gasteiger partial charge < -0.3 is 11.5 Å². The van der Waals surface area contributed by atoms with Gasteiger partial charge in [0.25, 0.3) is 0 Å². The minimum Gasteiger partial charge on any atom is -0.383 e. The fourth-order valence-electron chi connectivity index (χ4n) is 2.16. The summed E-state index contributed by atoms with van der Waals surface area (Å²) in [5, 5.41) is 1.13. The number of nitrogens with two attached hydrogens (primary N) is 2. The molecule has 0 bridgehead atoms. The smallest absolute Gasteiger partial charge is 0.180 e. The first kappa shape index (κ1) is 12.5. The van der Waals surface area contributed by atoms with Crippen molar-refractivity contribution < 1.29 is 0 Å². The van der Waals surface area contributed by atoms with Gasteiger partial charge in [-0.05, 0) is 24.6 Å². The lowest BCUT2D eigenvalue weighted by Crippen LogP contribution is -2.06. The molecule has 3 rings (SSSR count). The van der Waals surface area contributed by atoms with Crippen molar-refractivity contribution >= 4 is 16.7 Å². The average molecular weight is 265 g/mol. The summed E-state index contributed by atoms with van der Waals surface area (Å²) < 4.78 is 0. The molecule has 2 aromatic heterocycles. The van der Waals surface area contributed by atoms with E-state index in [9.17, 15) is 0 Å². The van der Waals surface area contributed by atoms with Crippen LogP contribution in [0.1, 0.15) is 11.1 Å². The van der Waals surface area contributed by atoms with E-state index in [2.05, 4.69) is 15.0 Å². The molecule has 0 aliphatic heterocycles.